The Morgan fingerprint density at radius 2 is 1.77 bits per heavy atom. The Kier molecular flexibility index (Phi) is 3.59. The Bertz CT molecular complexity index is 843. The van der Waals surface area contributed by atoms with Crippen molar-refractivity contribution in [2.75, 3.05) is 5.73 Å². The molecule has 2 N–H and O–H groups in total. The lowest BCUT2D eigenvalue weighted by Gasteiger charge is -2.14. The monoisotopic (exact) mass is 293 g/mol. The van der Waals surface area contributed by atoms with Gasteiger partial charge >= 0.3 is 0 Å². The second-order valence-corrected chi connectivity index (χ2v) is 5.20. The van der Waals surface area contributed by atoms with Crippen LogP contribution in [0.4, 0.5) is 10.2 Å². The lowest BCUT2D eigenvalue weighted by Crippen LogP contribution is -1.98. The molecule has 0 saturated carbocycles. The van der Waals surface area contributed by atoms with Crippen molar-refractivity contribution in [3.63, 3.8) is 0 Å². The van der Waals surface area contributed by atoms with Gasteiger partial charge in [0, 0.05) is 28.7 Å². The quantitative estimate of drug-likeness (QED) is 0.772. The number of nitrogens with two attached hydrogens (primary N) is 1. The zero-order valence-corrected chi connectivity index (χ0v) is 12.5. The second-order valence-electron chi connectivity index (χ2n) is 5.20. The number of nitrogens with zero attached hydrogens (tertiary/aromatic N) is 2. The Hall–Kier alpha value is -2.75. The minimum absolute atomic E-state index is 0.259. The zero-order chi connectivity index (χ0) is 15.7. The van der Waals surface area contributed by atoms with Crippen molar-refractivity contribution >= 4 is 5.82 Å². The van der Waals surface area contributed by atoms with Crippen molar-refractivity contribution in [1.82, 2.24) is 9.97 Å². The number of pyridine rings is 2. The minimum Gasteiger partial charge on any atom is -0.384 e. The zero-order valence-electron chi connectivity index (χ0n) is 12.5. The molecule has 0 aliphatic carbocycles. The molecule has 22 heavy (non-hydrogen) atoms. The maximum atomic E-state index is 13.6. The molecule has 2 aromatic heterocycles. The number of nitrogen functional groups attached to an aromatic ring is 1. The highest BCUT2D eigenvalue weighted by atomic mass is 19.1. The molecular weight excluding hydrogens is 277 g/mol. The van der Waals surface area contributed by atoms with E-state index in [-0.39, 0.29) is 5.82 Å². The second kappa shape index (κ2) is 5.56. The molecule has 3 aromatic rings. The first-order valence-corrected chi connectivity index (χ1v) is 7.01. The molecule has 0 amide bonds. The lowest BCUT2D eigenvalue weighted by atomic mass is 9.93. The van der Waals surface area contributed by atoms with Crippen LogP contribution in [0.1, 0.15) is 11.4 Å². The van der Waals surface area contributed by atoms with E-state index in [1.54, 1.807) is 18.3 Å². The van der Waals surface area contributed by atoms with Gasteiger partial charge in [0.1, 0.15) is 11.6 Å². The highest BCUT2D eigenvalue weighted by Gasteiger charge is 2.14. The summed E-state index contributed by atoms with van der Waals surface area (Å²) in [7, 11) is 0. The molecule has 0 saturated heterocycles. The SMILES string of the molecule is Cc1nc(N)ccc1-c1c(-c2cccc(F)c2)ccnc1C. The van der Waals surface area contributed by atoms with Crippen molar-refractivity contribution in [1.29, 1.82) is 0 Å². The van der Waals surface area contributed by atoms with E-state index in [0.29, 0.717) is 5.82 Å². The van der Waals surface area contributed by atoms with Crippen molar-refractivity contribution in [3.05, 3.63) is 65.9 Å². The molecule has 3 rings (SSSR count). The molecule has 0 bridgehead atoms. The predicted molar refractivity (Wildman–Crippen MR) is 86.7 cm³/mol. The van der Waals surface area contributed by atoms with Crippen LogP contribution in [0.2, 0.25) is 0 Å². The molecule has 1 aromatic carbocycles. The first-order valence-electron chi connectivity index (χ1n) is 7.01. The Morgan fingerprint density at radius 3 is 2.50 bits per heavy atom. The number of aromatic nitrogens is 2. The van der Waals surface area contributed by atoms with Gasteiger partial charge in [-0.2, -0.15) is 0 Å². The summed E-state index contributed by atoms with van der Waals surface area (Å²) in [5.41, 5.74) is 11.1. The van der Waals surface area contributed by atoms with Crippen LogP contribution in [-0.2, 0) is 0 Å². The van der Waals surface area contributed by atoms with Crippen LogP contribution in [0.25, 0.3) is 22.3 Å². The predicted octanol–water partition coefficient (Wildman–Crippen LogP) is 4.15. The van der Waals surface area contributed by atoms with E-state index in [1.165, 1.54) is 12.1 Å². The van der Waals surface area contributed by atoms with Crippen LogP contribution >= 0.6 is 0 Å². The van der Waals surface area contributed by atoms with E-state index in [9.17, 15) is 4.39 Å². The van der Waals surface area contributed by atoms with E-state index in [0.717, 1.165) is 33.6 Å². The summed E-state index contributed by atoms with van der Waals surface area (Å²) >= 11 is 0. The van der Waals surface area contributed by atoms with Crippen LogP contribution in [0.15, 0.2) is 48.7 Å². The average molecular weight is 293 g/mol. The summed E-state index contributed by atoms with van der Waals surface area (Å²) in [6.07, 6.45) is 1.74. The third kappa shape index (κ3) is 2.55. The standard InChI is InChI=1S/C18H16FN3/c1-11-15(6-7-17(20)22-11)18-12(2)21-9-8-16(18)13-4-3-5-14(19)10-13/h3-10H,1-2H3,(H2,20,22). The van der Waals surface area contributed by atoms with Crippen molar-refractivity contribution in [2.45, 2.75) is 13.8 Å². The van der Waals surface area contributed by atoms with Gasteiger partial charge in [0.05, 0.1) is 0 Å². The minimum atomic E-state index is -0.259. The summed E-state index contributed by atoms with van der Waals surface area (Å²) < 4.78 is 13.6. The van der Waals surface area contributed by atoms with E-state index < -0.39 is 0 Å². The summed E-state index contributed by atoms with van der Waals surface area (Å²) in [6.45, 7) is 3.85. The molecule has 0 unspecified atom stereocenters. The first-order chi connectivity index (χ1) is 10.6. The van der Waals surface area contributed by atoms with Gasteiger partial charge in [0.15, 0.2) is 0 Å². The number of rotatable bonds is 2. The number of hydrogen-bond acceptors (Lipinski definition) is 3. The van der Waals surface area contributed by atoms with E-state index >= 15 is 0 Å². The summed E-state index contributed by atoms with van der Waals surface area (Å²) in [5, 5.41) is 0. The Labute approximate surface area is 128 Å². The van der Waals surface area contributed by atoms with E-state index in [2.05, 4.69) is 9.97 Å². The summed E-state index contributed by atoms with van der Waals surface area (Å²) in [5.74, 6) is 0.222. The number of halogens is 1. The summed E-state index contributed by atoms with van der Waals surface area (Å²) in [4.78, 5) is 8.69. The topological polar surface area (TPSA) is 51.8 Å². The van der Waals surface area contributed by atoms with E-state index in [1.807, 2.05) is 32.0 Å². The molecule has 0 aliphatic heterocycles. The highest BCUT2D eigenvalue weighted by molar-refractivity contribution is 5.85. The van der Waals surface area contributed by atoms with Crippen LogP contribution in [-0.4, -0.2) is 9.97 Å². The maximum Gasteiger partial charge on any atom is 0.123 e. The smallest absolute Gasteiger partial charge is 0.123 e. The maximum absolute atomic E-state index is 13.6. The Balaban J connectivity index is 2.28. The van der Waals surface area contributed by atoms with Gasteiger partial charge in [-0.25, -0.2) is 9.37 Å². The third-order valence-electron chi connectivity index (χ3n) is 3.65. The van der Waals surface area contributed by atoms with E-state index in [4.69, 9.17) is 5.73 Å². The van der Waals surface area contributed by atoms with Crippen LogP contribution in [0.5, 0.6) is 0 Å². The number of anilines is 1. The molecule has 0 spiro atoms. The first kappa shape index (κ1) is 14.2. The lowest BCUT2D eigenvalue weighted by molar-refractivity contribution is 0.628. The molecule has 0 aliphatic rings. The molecule has 0 radical (unpaired) electrons. The third-order valence-corrected chi connectivity index (χ3v) is 3.65. The Morgan fingerprint density at radius 1 is 0.955 bits per heavy atom. The summed E-state index contributed by atoms with van der Waals surface area (Å²) in [6, 6.07) is 12.2. The van der Waals surface area contributed by atoms with Crippen molar-refractivity contribution in [2.24, 2.45) is 0 Å². The molecule has 110 valence electrons. The molecular formula is C18H16FN3. The fourth-order valence-electron chi connectivity index (χ4n) is 2.65. The molecule has 0 fully saturated rings. The van der Waals surface area contributed by atoms with Gasteiger partial charge in [-0.3, -0.25) is 4.98 Å². The highest BCUT2D eigenvalue weighted by Crippen LogP contribution is 2.35. The normalized spacial score (nSPS) is 10.7. The molecule has 2 heterocycles. The number of hydrogen-bond donors (Lipinski definition) is 1. The van der Waals surface area contributed by atoms with Gasteiger partial charge < -0.3 is 5.73 Å². The van der Waals surface area contributed by atoms with Gasteiger partial charge in [-0.05, 0) is 55.3 Å². The fraction of sp³-hybridized carbons (Fsp3) is 0.111. The van der Waals surface area contributed by atoms with Crippen molar-refractivity contribution in [3.8, 4) is 22.3 Å². The number of aryl methyl sites for hydroxylation is 2. The van der Waals surface area contributed by atoms with Crippen molar-refractivity contribution < 1.29 is 4.39 Å². The molecule has 0 atom stereocenters. The fourth-order valence-corrected chi connectivity index (χ4v) is 2.65. The van der Waals surface area contributed by atoms with Gasteiger partial charge in [0.2, 0.25) is 0 Å². The molecule has 3 nitrogen and oxygen atoms in total. The van der Waals surface area contributed by atoms with Crippen LogP contribution < -0.4 is 5.73 Å². The van der Waals surface area contributed by atoms with Gasteiger partial charge in [-0.1, -0.05) is 12.1 Å². The van der Waals surface area contributed by atoms with Gasteiger partial charge in [0.25, 0.3) is 0 Å². The van der Waals surface area contributed by atoms with Crippen LogP contribution in [0, 0.1) is 19.7 Å². The average Bonchev–Trinajstić information content (AvgIpc) is 2.48. The molecule has 4 heteroatoms. The van der Waals surface area contributed by atoms with Gasteiger partial charge in [-0.15, -0.1) is 0 Å². The van der Waals surface area contributed by atoms with Crippen LogP contribution in [0.3, 0.4) is 0 Å². The largest absolute Gasteiger partial charge is 0.384 e. The number of benzene rings is 1.